The van der Waals surface area contributed by atoms with E-state index >= 15 is 0 Å². The maximum absolute atomic E-state index is 13.1. The molecule has 140 valence electrons. The largest absolute Gasteiger partial charge is 0.311 e. The lowest BCUT2D eigenvalue weighted by Gasteiger charge is -2.35. The van der Waals surface area contributed by atoms with Crippen molar-refractivity contribution < 1.29 is 13.3 Å². The van der Waals surface area contributed by atoms with Crippen molar-refractivity contribution in [3.8, 4) is 0 Å². The summed E-state index contributed by atoms with van der Waals surface area (Å²) < 4.78 is 27.6. The zero-order valence-electron chi connectivity index (χ0n) is 14.6. The van der Waals surface area contributed by atoms with Crippen LogP contribution in [0.25, 0.3) is 0 Å². The van der Waals surface area contributed by atoms with Crippen LogP contribution >= 0.6 is 12.4 Å². The molecule has 2 bridgehead atoms. The van der Waals surface area contributed by atoms with Gasteiger partial charge in [0.1, 0.15) is 0 Å². The molecule has 2 aliphatic heterocycles. The Morgan fingerprint density at radius 2 is 1.76 bits per heavy atom. The highest BCUT2D eigenvalue weighted by Crippen LogP contribution is 2.33. The van der Waals surface area contributed by atoms with Gasteiger partial charge in [0.2, 0.25) is 10.0 Å². The van der Waals surface area contributed by atoms with E-state index in [-0.39, 0.29) is 29.0 Å². The predicted molar refractivity (Wildman–Crippen MR) is 97.7 cm³/mol. The molecule has 3 rings (SSSR count). The molecular weight excluding hydrogens is 366 g/mol. The number of aryl methyl sites for hydroxylation is 1. The highest BCUT2D eigenvalue weighted by Gasteiger charge is 2.39. The molecule has 2 saturated heterocycles. The Kier molecular flexibility index (Phi) is 5.78. The van der Waals surface area contributed by atoms with Crippen LogP contribution in [0.4, 0.5) is 5.69 Å². The summed E-state index contributed by atoms with van der Waals surface area (Å²) in [7, 11) is -2.17. The van der Waals surface area contributed by atoms with Crippen LogP contribution in [0.2, 0.25) is 0 Å². The summed E-state index contributed by atoms with van der Waals surface area (Å²) in [4.78, 5) is 10.6. The number of nitro groups is 1. The zero-order valence-corrected chi connectivity index (χ0v) is 16.2. The Labute approximate surface area is 154 Å². The monoisotopic (exact) mass is 389 g/mol. The predicted octanol–water partition coefficient (Wildman–Crippen LogP) is 2.54. The number of nitrogens with zero attached hydrogens (tertiary/aromatic N) is 2. The first kappa shape index (κ1) is 20.1. The second kappa shape index (κ2) is 7.19. The molecule has 0 radical (unpaired) electrons. The molecule has 1 aromatic rings. The van der Waals surface area contributed by atoms with E-state index in [1.165, 1.54) is 16.4 Å². The molecule has 2 heterocycles. The molecule has 0 amide bonds. The van der Waals surface area contributed by atoms with Crippen molar-refractivity contribution in [3.63, 3.8) is 0 Å². The molecule has 25 heavy (non-hydrogen) atoms. The average Bonchev–Trinajstić information content (AvgIpc) is 2.86. The number of nitrogens with one attached hydrogen (secondary N) is 1. The van der Waals surface area contributed by atoms with Gasteiger partial charge in [0.25, 0.3) is 5.69 Å². The summed E-state index contributed by atoms with van der Waals surface area (Å²) in [5.74, 6) is 0. The van der Waals surface area contributed by atoms with Gasteiger partial charge in [-0.05, 0) is 50.7 Å². The van der Waals surface area contributed by atoms with Gasteiger partial charge in [-0.2, -0.15) is 4.31 Å². The van der Waals surface area contributed by atoms with Crippen LogP contribution in [-0.2, 0) is 10.0 Å². The molecule has 2 unspecified atom stereocenters. The molecule has 2 atom stereocenters. The van der Waals surface area contributed by atoms with E-state index in [1.54, 1.807) is 20.9 Å². The molecule has 0 aliphatic carbocycles. The molecule has 7 nitrogen and oxygen atoms in total. The topological polar surface area (TPSA) is 92.5 Å². The maximum Gasteiger partial charge on any atom is 0.271 e. The fraction of sp³-hybridized carbons (Fsp3) is 0.625. The van der Waals surface area contributed by atoms with E-state index in [9.17, 15) is 18.5 Å². The van der Waals surface area contributed by atoms with Gasteiger partial charge in [-0.25, -0.2) is 8.42 Å². The Balaban J connectivity index is 0.00000225. The molecule has 0 spiro atoms. The van der Waals surface area contributed by atoms with Crippen molar-refractivity contribution in [1.29, 1.82) is 0 Å². The van der Waals surface area contributed by atoms with Crippen LogP contribution in [0.3, 0.4) is 0 Å². The number of hydrogen-bond donors (Lipinski definition) is 1. The Hall–Kier alpha value is -1.22. The summed E-state index contributed by atoms with van der Waals surface area (Å²) in [6.07, 6.45) is 3.76. The van der Waals surface area contributed by atoms with E-state index in [0.29, 0.717) is 23.2 Å². The number of sulfonamides is 1. The van der Waals surface area contributed by atoms with Crippen LogP contribution in [0.15, 0.2) is 17.0 Å². The van der Waals surface area contributed by atoms with Gasteiger partial charge in [0.05, 0.1) is 9.82 Å². The van der Waals surface area contributed by atoms with Gasteiger partial charge < -0.3 is 5.32 Å². The first-order valence-corrected chi connectivity index (χ1v) is 9.64. The number of piperidine rings is 1. The van der Waals surface area contributed by atoms with Crippen LogP contribution in [-0.4, -0.2) is 42.8 Å². The van der Waals surface area contributed by atoms with Crippen molar-refractivity contribution >= 4 is 28.1 Å². The quantitative estimate of drug-likeness (QED) is 0.631. The normalized spacial score (nSPS) is 25.7. The summed E-state index contributed by atoms with van der Waals surface area (Å²) >= 11 is 0. The van der Waals surface area contributed by atoms with E-state index in [0.717, 1.165) is 25.7 Å². The van der Waals surface area contributed by atoms with E-state index < -0.39 is 14.9 Å². The molecule has 0 saturated carbocycles. The van der Waals surface area contributed by atoms with Crippen LogP contribution in [0.5, 0.6) is 0 Å². The third-order valence-electron chi connectivity index (χ3n) is 5.43. The minimum absolute atomic E-state index is 0. The molecule has 1 aromatic carbocycles. The van der Waals surface area contributed by atoms with Crippen LogP contribution < -0.4 is 5.32 Å². The Bertz CT molecular complexity index is 772. The number of benzene rings is 1. The first-order chi connectivity index (χ1) is 11.2. The summed E-state index contributed by atoms with van der Waals surface area (Å²) in [6.45, 7) is 3.40. The van der Waals surface area contributed by atoms with Crippen molar-refractivity contribution in [3.05, 3.63) is 33.4 Å². The van der Waals surface area contributed by atoms with Gasteiger partial charge >= 0.3 is 0 Å². The number of non-ortho nitro benzene ring substituents is 1. The van der Waals surface area contributed by atoms with Crippen molar-refractivity contribution in [2.24, 2.45) is 0 Å². The van der Waals surface area contributed by atoms with Gasteiger partial charge in [0, 0.05) is 37.3 Å². The third-order valence-corrected chi connectivity index (χ3v) is 7.47. The second-order valence-electron chi connectivity index (χ2n) is 6.93. The van der Waals surface area contributed by atoms with Gasteiger partial charge in [-0.3, -0.25) is 10.1 Å². The fourth-order valence-corrected chi connectivity index (χ4v) is 5.55. The maximum atomic E-state index is 13.1. The van der Waals surface area contributed by atoms with Crippen molar-refractivity contribution in [1.82, 2.24) is 9.62 Å². The minimum Gasteiger partial charge on any atom is -0.311 e. The molecule has 2 aliphatic rings. The molecule has 0 aromatic heterocycles. The standard InChI is InChI=1S/C16H23N3O4S.ClH/c1-10-6-15(19(20)21)9-16(11(10)2)24(22,23)18(3)14-7-12-4-5-13(8-14)17-12;/h6,9,12-14,17H,4-5,7-8H2,1-3H3;1H. The summed E-state index contributed by atoms with van der Waals surface area (Å²) in [5, 5.41) is 14.6. The lowest BCUT2D eigenvalue weighted by molar-refractivity contribution is -0.385. The number of hydrogen-bond acceptors (Lipinski definition) is 5. The lowest BCUT2D eigenvalue weighted by atomic mass is 10.0. The van der Waals surface area contributed by atoms with Gasteiger partial charge in [-0.1, -0.05) is 0 Å². The Morgan fingerprint density at radius 1 is 1.20 bits per heavy atom. The van der Waals surface area contributed by atoms with E-state index in [2.05, 4.69) is 5.32 Å². The van der Waals surface area contributed by atoms with Crippen LogP contribution in [0.1, 0.15) is 36.8 Å². The SMILES string of the molecule is Cc1cc([N+](=O)[O-])cc(S(=O)(=O)N(C)C2CC3CCC(C2)N3)c1C.Cl. The highest BCUT2D eigenvalue weighted by molar-refractivity contribution is 7.89. The average molecular weight is 390 g/mol. The number of fused-ring (bicyclic) bond motifs is 2. The molecular formula is C16H24ClN3O4S. The Morgan fingerprint density at radius 3 is 2.28 bits per heavy atom. The summed E-state index contributed by atoms with van der Waals surface area (Å²) in [6, 6.07) is 3.29. The van der Waals surface area contributed by atoms with Gasteiger partial charge in [0.15, 0.2) is 0 Å². The van der Waals surface area contributed by atoms with Crippen molar-refractivity contribution in [2.75, 3.05) is 7.05 Å². The molecule has 2 fully saturated rings. The fourth-order valence-electron chi connectivity index (χ4n) is 3.86. The van der Waals surface area contributed by atoms with Gasteiger partial charge in [-0.15, -0.1) is 12.4 Å². The smallest absolute Gasteiger partial charge is 0.271 e. The van der Waals surface area contributed by atoms with E-state index in [1.807, 2.05) is 0 Å². The molecule has 9 heteroatoms. The summed E-state index contributed by atoms with van der Waals surface area (Å²) in [5.41, 5.74) is 1.00. The number of rotatable bonds is 4. The van der Waals surface area contributed by atoms with Crippen LogP contribution in [0, 0.1) is 24.0 Å². The zero-order chi connectivity index (χ0) is 17.6. The number of halogens is 1. The van der Waals surface area contributed by atoms with Crippen molar-refractivity contribution in [2.45, 2.75) is 62.6 Å². The minimum atomic E-state index is -3.77. The second-order valence-corrected chi connectivity index (χ2v) is 8.89. The third kappa shape index (κ3) is 3.67. The van der Waals surface area contributed by atoms with E-state index in [4.69, 9.17) is 0 Å². The molecule has 1 N–H and O–H groups in total. The lowest BCUT2D eigenvalue weighted by Crippen LogP contribution is -2.48. The number of nitro benzene ring substituents is 1. The first-order valence-electron chi connectivity index (χ1n) is 8.20. The highest BCUT2D eigenvalue weighted by atomic mass is 35.5.